The van der Waals surface area contributed by atoms with Crippen LogP contribution in [0.1, 0.15) is 90.4 Å². The van der Waals surface area contributed by atoms with Crippen LogP contribution in [-0.2, 0) is 59.6 Å². The number of rotatable bonds is 8. The molecule has 0 aromatic heterocycles. The second-order valence-corrected chi connectivity index (χ2v) is 33.3. The van der Waals surface area contributed by atoms with Crippen molar-refractivity contribution in [3.8, 4) is 89.0 Å². The zero-order valence-electron chi connectivity index (χ0n) is 71.9. The van der Waals surface area contributed by atoms with Crippen LogP contribution >= 0.6 is 31.9 Å². The zero-order chi connectivity index (χ0) is 87.8. The van der Waals surface area contributed by atoms with E-state index >= 15 is 17.6 Å². The Hall–Kier alpha value is -8.22. The van der Waals surface area contributed by atoms with Crippen LogP contribution in [-0.4, -0.2) is 11.0 Å². The van der Waals surface area contributed by atoms with Crippen molar-refractivity contribution in [1.82, 2.24) is 5.32 Å². The maximum absolute atomic E-state index is 15.2. The average molecular weight is 1960 g/mol. The van der Waals surface area contributed by atoms with Gasteiger partial charge in [0.25, 0.3) is 6.47 Å². The number of carbonyl (C=O) groups is 1. The number of nitrogens with one attached hydrogen (secondary N) is 1. The summed E-state index contributed by atoms with van der Waals surface area (Å²) in [5.41, 5.74) is 26.4. The second kappa shape index (κ2) is 39.8. The number of quaternary nitrogens is 1. The number of hydrogen-bond donors (Lipinski definition) is 1. The third-order valence-electron chi connectivity index (χ3n) is 25.0. The Kier molecular flexibility index (Phi) is 30.2. The van der Waals surface area contributed by atoms with Crippen LogP contribution < -0.4 is 130 Å². The fourth-order valence-electron chi connectivity index (χ4n) is 18.8. The first-order chi connectivity index (χ1) is 59.6. The van der Waals surface area contributed by atoms with Gasteiger partial charge >= 0.3 is 103 Å². The Bertz CT molecular complexity index is 6630. The third kappa shape index (κ3) is 18.2. The van der Waals surface area contributed by atoms with Crippen LogP contribution in [0.4, 0.5) is 52.7 Å². The second-order valence-electron chi connectivity index (χ2n) is 32.2. The molecule has 5 nitrogen and oxygen atoms in total. The molecule has 3 heterocycles. The molecule has 1 spiro atoms. The van der Waals surface area contributed by atoms with Crippen LogP contribution in [0.5, 0.6) is 0 Å². The summed E-state index contributed by atoms with van der Waals surface area (Å²) in [4.78, 5) is 11.2. The summed E-state index contributed by atoms with van der Waals surface area (Å²) >= 11 is 7.06. The van der Waals surface area contributed by atoms with Gasteiger partial charge in [-0.3, -0.25) is 4.79 Å². The van der Waals surface area contributed by atoms with E-state index < -0.39 is 69.8 Å². The van der Waals surface area contributed by atoms with Crippen LogP contribution in [0.2, 0.25) is 0 Å². The van der Waals surface area contributed by atoms with E-state index in [4.69, 9.17) is 10.1 Å². The minimum absolute atomic E-state index is 0. The standard InChI is InChI=1S/C52H38F6N.C30H22Br2F6.C22H17N.CH2O3.BrH.2K.H/c1-27-17-39(35-19-43(53)51(57)44(54)20-35)41-25-59(26-42-40(36-21-45(55)52(58)46(56)22-36)18-28(2)30(4)48(42)47(41)29(27)3)23-33-15-13-31-9-5-7-11-37(31)49(33)50-34(24-59)16-14-32-10-6-8-12-38(32)50;1-13-5-19(17-7-23(33)29(37)24(34)8-17)21(11-31)27(15(13)3)28-16(4)14(2)6-20(22(28)12-32)18-9-25(35)30(38)26(36)10-18;1-3-7-19-15(5-1)9-11-17-13-23-14-18-12-10-16-6-2-4-8-20(16)22(18)21(17)19;2-1-4-3;;;;/h5-22H,23-26H2,1-4H3;5-10H,11-12H2,1-4H3;1-12,23H,13-14H2;1,3H;1H;;;/q+1;;;;;2*+1;-1/p-2. The number of fused-ring (bicyclic) bond motifs is 17. The first-order valence-corrected chi connectivity index (χ1v) is 42.4. The molecule has 634 valence electrons. The normalized spacial score (nSPS) is 12.6. The molecule has 127 heavy (non-hydrogen) atoms. The van der Waals surface area contributed by atoms with Gasteiger partial charge in [0.1, 0.15) is 26.2 Å². The molecule has 0 aliphatic carbocycles. The van der Waals surface area contributed by atoms with Crippen molar-refractivity contribution < 1.29 is 193 Å². The van der Waals surface area contributed by atoms with E-state index in [1.807, 2.05) is 79.7 Å². The van der Waals surface area contributed by atoms with Crippen LogP contribution in [0.3, 0.4) is 0 Å². The van der Waals surface area contributed by atoms with Gasteiger partial charge < -0.3 is 38.4 Å². The number of halogens is 15. The van der Waals surface area contributed by atoms with E-state index in [0.717, 1.165) is 183 Å². The van der Waals surface area contributed by atoms with E-state index in [2.05, 4.69) is 176 Å². The van der Waals surface area contributed by atoms with Gasteiger partial charge in [-0.1, -0.05) is 202 Å². The molecule has 0 radical (unpaired) electrons. The maximum atomic E-state index is 15.2. The van der Waals surface area contributed by atoms with Gasteiger partial charge in [0.15, 0.2) is 69.8 Å². The Labute approximate surface area is 841 Å². The van der Waals surface area contributed by atoms with Crippen molar-refractivity contribution in [3.63, 3.8) is 0 Å². The van der Waals surface area contributed by atoms with Gasteiger partial charge in [-0.2, -0.15) is 0 Å². The molecule has 22 heteroatoms. The first-order valence-electron chi connectivity index (χ1n) is 40.1. The molecule has 0 fully saturated rings. The molecule has 0 saturated heterocycles. The number of nitrogens with zero attached hydrogens (tertiary/aromatic N) is 1. The Morgan fingerprint density at radius 2 is 0.575 bits per heavy atom. The largest absolute Gasteiger partial charge is 1.00 e. The molecule has 0 atom stereocenters. The van der Waals surface area contributed by atoms with Crippen molar-refractivity contribution >= 4 is 81.4 Å². The number of benzene rings is 16. The molecular weight excluding hydrogens is 1880 g/mol. The van der Waals surface area contributed by atoms with E-state index in [1.54, 1.807) is 12.1 Å². The Morgan fingerprint density at radius 1 is 0.339 bits per heavy atom. The maximum Gasteiger partial charge on any atom is 1.00 e. The SMILES string of the molecule is Cc1cc(-c2cc(F)c(F)c(F)c2)c(CBr)c(-c2c(C)c(C)cc(-c3cc(F)c(F)c(F)c3)c2CBr)c1C.Cc1cc(-c2cc(F)c(F)c(F)c2)c2c(c1C)-c1c(C)c(C)cc(-c3cc(F)c(F)c(F)c3)c1C[N+]1(Cc3ccc4ccccc4c3-c3c(ccc4ccccc34)C1)C2.O=CO[O-].[Br-].[H-].[K+].[K+].c1ccc2c3c(ccc2c1)CNCc1ccc2ccccc2c1-3. The van der Waals surface area contributed by atoms with Gasteiger partial charge in [0.05, 0.1) is 0 Å². The monoisotopic (exact) mass is 1960 g/mol. The summed E-state index contributed by atoms with van der Waals surface area (Å²) in [6.45, 7) is 19.0. The molecule has 16 aromatic rings. The topological polar surface area (TPSA) is 61.4 Å². The van der Waals surface area contributed by atoms with Gasteiger partial charge in [-0.25, -0.2) is 52.7 Å². The predicted octanol–water partition coefficient (Wildman–Crippen LogP) is 19.6. The fourth-order valence-corrected chi connectivity index (χ4v) is 19.9. The minimum Gasteiger partial charge on any atom is -1.00 e. The molecule has 19 rings (SSSR count). The van der Waals surface area contributed by atoms with Crippen molar-refractivity contribution in [2.24, 2.45) is 0 Å². The molecule has 16 aromatic carbocycles. The summed E-state index contributed by atoms with van der Waals surface area (Å²) in [7, 11) is 0. The van der Waals surface area contributed by atoms with Crippen molar-refractivity contribution in [2.45, 2.75) is 105 Å². The fraction of sp³-hybridized carbons (Fsp3) is 0.152. The Morgan fingerprint density at radius 3 is 0.843 bits per heavy atom. The zero-order valence-corrected chi connectivity index (χ0v) is 81.9. The summed E-state index contributed by atoms with van der Waals surface area (Å²) in [5, 5.41) is 22.4. The van der Waals surface area contributed by atoms with E-state index in [1.165, 1.54) is 43.8 Å². The smallest absolute Gasteiger partial charge is 1.00 e. The molecule has 3 aliphatic heterocycles. The predicted molar refractivity (Wildman–Crippen MR) is 476 cm³/mol. The van der Waals surface area contributed by atoms with Crippen LogP contribution in [0, 0.1) is 125 Å². The molecule has 0 saturated carbocycles. The molecule has 3 aliphatic rings. The third-order valence-corrected chi connectivity index (χ3v) is 26.1. The quantitative estimate of drug-likeness (QED) is 0.0241. The molecular formula is C105H79Br3F12K2N2O3. The van der Waals surface area contributed by atoms with Gasteiger partial charge in [-0.15, -0.1) is 0 Å². The van der Waals surface area contributed by atoms with Crippen LogP contribution in [0.25, 0.3) is 132 Å². The van der Waals surface area contributed by atoms with Gasteiger partial charge in [0, 0.05) is 46.0 Å². The molecule has 0 amide bonds. The van der Waals surface area contributed by atoms with Crippen molar-refractivity contribution in [1.29, 1.82) is 0 Å². The number of hydrogen-bond acceptors (Lipinski definition) is 4. The summed E-state index contributed by atoms with van der Waals surface area (Å²) in [6, 6.07) is 67.4. The van der Waals surface area contributed by atoms with Crippen LogP contribution in [0.15, 0.2) is 218 Å². The Balaban J connectivity index is 0.000000184. The van der Waals surface area contributed by atoms with E-state index in [9.17, 15) is 35.1 Å². The van der Waals surface area contributed by atoms with Gasteiger partial charge in [-0.05, 0) is 303 Å². The van der Waals surface area contributed by atoms with E-state index in [-0.39, 0.29) is 150 Å². The molecule has 0 bridgehead atoms. The van der Waals surface area contributed by atoms with Crippen molar-refractivity contribution in [3.05, 3.63) is 377 Å². The number of carbonyl (C=O) groups excluding carboxylic acids is 1. The molecule has 1 N–H and O–H groups in total. The summed E-state index contributed by atoms with van der Waals surface area (Å²) < 4.78 is 175. The van der Waals surface area contributed by atoms with E-state index in [0.29, 0.717) is 74.7 Å². The summed E-state index contributed by atoms with van der Waals surface area (Å²) in [5.74, 6) is -16.5. The minimum atomic E-state index is -1.54. The van der Waals surface area contributed by atoms with Crippen molar-refractivity contribution in [2.75, 3.05) is 0 Å². The number of alkyl halides is 2. The van der Waals surface area contributed by atoms with Gasteiger partial charge in [0.2, 0.25) is 0 Å². The molecule has 0 unspecified atom stereocenters. The average Bonchev–Trinajstić information content (AvgIpc) is 1.56. The number of aryl methyl sites for hydroxylation is 4. The summed E-state index contributed by atoms with van der Waals surface area (Å²) in [6.07, 6.45) is 0. The first kappa shape index (κ1) is 96.3.